The number of halogens is 1. The standard InChI is InChI=1S/C29H27ClN4O4/c30-22-11-9-19(10-12-22)14-29(26(36)31-28(38)34(27(29)37)23-5-2-1-3-6-23)18-32-15-20-13-21(17-32)24-7-4-8-25(35)33(24)16-20/h1-12,20-21H,13-18H2,(H,31,36,38)/t20-,21+,29?/m0/s1. The number of carbonyl (C=O) groups is 3. The molecular formula is C29H27ClN4O4. The topological polar surface area (TPSA) is 91.7 Å². The van der Waals surface area contributed by atoms with Crippen molar-refractivity contribution in [3.8, 4) is 0 Å². The minimum atomic E-state index is -1.53. The van der Waals surface area contributed by atoms with Crippen LogP contribution in [-0.4, -0.2) is 46.9 Å². The molecule has 8 nitrogen and oxygen atoms in total. The molecule has 0 spiro atoms. The Morgan fingerprint density at radius 1 is 0.868 bits per heavy atom. The van der Waals surface area contributed by atoms with Gasteiger partial charge in [-0.15, -0.1) is 0 Å². The molecule has 1 aromatic heterocycles. The highest BCUT2D eigenvalue weighted by molar-refractivity contribution is 6.31. The van der Waals surface area contributed by atoms with Crippen molar-refractivity contribution < 1.29 is 14.4 Å². The molecule has 4 heterocycles. The number of anilines is 1. The lowest BCUT2D eigenvalue weighted by molar-refractivity contribution is -0.144. The maximum atomic E-state index is 14.2. The van der Waals surface area contributed by atoms with E-state index in [1.165, 1.54) is 0 Å². The molecule has 1 N–H and O–H groups in total. The second kappa shape index (κ2) is 9.53. The molecule has 194 valence electrons. The van der Waals surface area contributed by atoms with Crippen LogP contribution < -0.4 is 15.8 Å². The van der Waals surface area contributed by atoms with Crippen molar-refractivity contribution in [2.45, 2.75) is 25.3 Å². The lowest BCUT2D eigenvalue weighted by atomic mass is 9.75. The highest BCUT2D eigenvalue weighted by Crippen LogP contribution is 2.39. The van der Waals surface area contributed by atoms with Gasteiger partial charge in [0.25, 0.3) is 11.5 Å². The van der Waals surface area contributed by atoms with Crippen molar-refractivity contribution in [2.75, 3.05) is 24.5 Å². The first-order valence-corrected chi connectivity index (χ1v) is 13.1. The number of piperidine rings is 1. The lowest BCUT2D eigenvalue weighted by Crippen LogP contribution is -2.68. The van der Waals surface area contributed by atoms with E-state index in [4.69, 9.17) is 11.6 Å². The number of barbiturate groups is 1. The van der Waals surface area contributed by atoms with E-state index >= 15 is 0 Å². The average molecular weight is 531 g/mol. The van der Waals surface area contributed by atoms with Gasteiger partial charge in [-0.1, -0.05) is 48.0 Å². The smallest absolute Gasteiger partial charge is 0.312 e. The first-order valence-electron chi connectivity index (χ1n) is 12.8. The Kier molecular flexibility index (Phi) is 6.16. The Labute approximate surface area is 224 Å². The van der Waals surface area contributed by atoms with Gasteiger partial charge in [0.1, 0.15) is 5.41 Å². The third-order valence-corrected chi connectivity index (χ3v) is 8.21. The molecule has 1 unspecified atom stereocenters. The molecule has 4 amide bonds. The molecule has 3 aromatic rings. The van der Waals surface area contributed by atoms with Crippen molar-refractivity contribution in [3.63, 3.8) is 0 Å². The van der Waals surface area contributed by atoms with E-state index in [9.17, 15) is 19.2 Å². The minimum absolute atomic E-state index is 0.00344. The highest BCUT2D eigenvalue weighted by atomic mass is 35.5. The van der Waals surface area contributed by atoms with Gasteiger partial charge in [0, 0.05) is 48.9 Å². The maximum Gasteiger partial charge on any atom is 0.335 e. The number of fused-ring (bicyclic) bond motifs is 4. The summed E-state index contributed by atoms with van der Waals surface area (Å²) in [5.41, 5.74) is 0.648. The second-order valence-electron chi connectivity index (χ2n) is 10.5. The monoisotopic (exact) mass is 530 g/mol. The number of aromatic nitrogens is 1. The minimum Gasteiger partial charge on any atom is -0.312 e. The Balaban J connectivity index is 1.38. The summed E-state index contributed by atoms with van der Waals surface area (Å²) in [7, 11) is 0. The summed E-state index contributed by atoms with van der Waals surface area (Å²) < 4.78 is 1.86. The molecule has 9 heteroatoms. The number of nitrogens with zero attached hydrogens (tertiary/aromatic N) is 3. The van der Waals surface area contributed by atoms with E-state index in [0.717, 1.165) is 22.6 Å². The first-order chi connectivity index (χ1) is 18.3. The molecule has 3 atom stereocenters. The van der Waals surface area contributed by atoms with Crippen LogP contribution in [0.2, 0.25) is 5.02 Å². The van der Waals surface area contributed by atoms with Gasteiger partial charge in [-0.05, 0) is 54.7 Å². The fourth-order valence-electron chi connectivity index (χ4n) is 6.30. The first kappa shape index (κ1) is 24.6. The van der Waals surface area contributed by atoms with Crippen LogP contribution in [0, 0.1) is 11.3 Å². The molecule has 3 aliphatic heterocycles. The molecule has 0 aliphatic carbocycles. The van der Waals surface area contributed by atoms with Crippen molar-refractivity contribution in [3.05, 3.63) is 99.4 Å². The van der Waals surface area contributed by atoms with E-state index in [2.05, 4.69) is 10.2 Å². The number of hydrogen-bond donors (Lipinski definition) is 1. The summed E-state index contributed by atoms with van der Waals surface area (Å²) in [6, 6.07) is 20.4. The normalized spacial score (nSPS) is 25.2. The summed E-state index contributed by atoms with van der Waals surface area (Å²) in [4.78, 5) is 56.6. The molecular weight excluding hydrogens is 504 g/mol. The number of likely N-dealkylation sites (tertiary alicyclic amines) is 1. The largest absolute Gasteiger partial charge is 0.335 e. The molecule has 6 rings (SSSR count). The molecule has 2 saturated heterocycles. The van der Waals surface area contributed by atoms with Gasteiger partial charge in [0.05, 0.1) is 5.69 Å². The zero-order valence-electron chi connectivity index (χ0n) is 20.7. The summed E-state index contributed by atoms with van der Waals surface area (Å²) in [6.07, 6.45) is 1.08. The zero-order valence-corrected chi connectivity index (χ0v) is 21.4. The van der Waals surface area contributed by atoms with Gasteiger partial charge in [0.2, 0.25) is 5.91 Å². The van der Waals surface area contributed by atoms with Crippen LogP contribution in [0.4, 0.5) is 10.5 Å². The van der Waals surface area contributed by atoms with Gasteiger partial charge >= 0.3 is 6.03 Å². The SMILES string of the molecule is O=C1NC(=O)C(Cc2ccc(Cl)cc2)(CN2C[C@@H]3C[C@H](C2)c2cccc(=O)n2C3)C(=O)N1c1ccccc1. The van der Waals surface area contributed by atoms with Crippen LogP contribution in [0.25, 0.3) is 0 Å². The third kappa shape index (κ3) is 4.23. The molecule has 0 radical (unpaired) electrons. The summed E-state index contributed by atoms with van der Waals surface area (Å²) >= 11 is 6.10. The quantitative estimate of drug-likeness (QED) is 0.510. The Bertz CT molecular complexity index is 1470. The number of pyridine rings is 1. The fourth-order valence-corrected chi connectivity index (χ4v) is 6.42. The number of carbonyl (C=O) groups excluding carboxylic acids is 3. The predicted molar refractivity (Wildman–Crippen MR) is 143 cm³/mol. The van der Waals surface area contributed by atoms with Gasteiger partial charge in [0.15, 0.2) is 0 Å². The predicted octanol–water partition coefficient (Wildman–Crippen LogP) is 3.43. The van der Waals surface area contributed by atoms with E-state index < -0.39 is 23.3 Å². The Hall–Kier alpha value is -3.75. The zero-order chi connectivity index (χ0) is 26.4. The van der Waals surface area contributed by atoms with Gasteiger partial charge < -0.3 is 9.47 Å². The van der Waals surface area contributed by atoms with E-state index in [1.54, 1.807) is 54.6 Å². The number of amides is 4. The maximum absolute atomic E-state index is 14.2. The van der Waals surface area contributed by atoms with Crippen LogP contribution in [-0.2, 0) is 22.6 Å². The molecule has 3 aliphatic rings. The number of urea groups is 1. The number of imide groups is 2. The third-order valence-electron chi connectivity index (χ3n) is 7.95. The highest BCUT2D eigenvalue weighted by Gasteiger charge is 2.55. The van der Waals surface area contributed by atoms with Crippen LogP contribution >= 0.6 is 11.6 Å². The Morgan fingerprint density at radius 3 is 2.39 bits per heavy atom. The van der Waals surface area contributed by atoms with Crippen molar-refractivity contribution in [1.29, 1.82) is 0 Å². The van der Waals surface area contributed by atoms with Gasteiger partial charge in [-0.2, -0.15) is 0 Å². The summed E-state index contributed by atoms with van der Waals surface area (Å²) in [5.74, 6) is -0.790. The van der Waals surface area contributed by atoms with Crippen LogP contribution in [0.1, 0.15) is 23.6 Å². The average Bonchev–Trinajstić information content (AvgIpc) is 2.90. The lowest BCUT2D eigenvalue weighted by Gasteiger charge is -2.47. The molecule has 38 heavy (non-hydrogen) atoms. The number of benzene rings is 2. The number of nitrogens with one attached hydrogen (secondary N) is 1. The van der Waals surface area contributed by atoms with Crippen molar-refractivity contribution in [2.24, 2.45) is 11.3 Å². The summed E-state index contributed by atoms with van der Waals surface area (Å²) in [6.45, 7) is 2.03. The van der Waals surface area contributed by atoms with Crippen LogP contribution in [0.15, 0.2) is 77.6 Å². The van der Waals surface area contributed by atoms with Crippen molar-refractivity contribution in [1.82, 2.24) is 14.8 Å². The molecule has 2 fully saturated rings. The molecule has 0 saturated carbocycles. The van der Waals surface area contributed by atoms with E-state index in [0.29, 0.717) is 30.3 Å². The van der Waals surface area contributed by atoms with E-state index in [1.807, 2.05) is 22.8 Å². The van der Waals surface area contributed by atoms with E-state index in [-0.39, 0.29) is 30.4 Å². The van der Waals surface area contributed by atoms with Crippen LogP contribution in [0.3, 0.4) is 0 Å². The summed E-state index contributed by atoms with van der Waals surface area (Å²) in [5, 5.41) is 3.03. The molecule has 2 bridgehead atoms. The molecule has 2 aromatic carbocycles. The second-order valence-corrected chi connectivity index (χ2v) is 10.9. The van der Waals surface area contributed by atoms with Crippen molar-refractivity contribution >= 4 is 35.1 Å². The van der Waals surface area contributed by atoms with Crippen LogP contribution in [0.5, 0.6) is 0 Å². The number of para-hydroxylation sites is 1. The Morgan fingerprint density at radius 2 is 1.63 bits per heavy atom. The number of rotatable bonds is 5. The van der Waals surface area contributed by atoms with Gasteiger partial charge in [-0.25, -0.2) is 9.69 Å². The fraction of sp³-hybridized carbons (Fsp3) is 0.310. The van der Waals surface area contributed by atoms with Gasteiger partial charge in [-0.3, -0.25) is 19.7 Å². The number of hydrogen-bond acceptors (Lipinski definition) is 5.